The molecule has 0 fully saturated rings. The summed E-state index contributed by atoms with van der Waals surface area (Å²) in [5, 5.41) is 6.45. The van der Waals surface area contributed by atoms with Gasteiger partial charge in [0.25, 0.3) is 0 Å². The first-order chi connectivity index (χ1) is 7.80. The summed E-state index contributed by atoms with van der Waals surface area (Å²) >= 11 is 5.15. The third-order valence-electron chi connectivity index (χ3n) is 2.77. The molecule has 0 radical (unpaired) electrons. The van der Waals surface area contributed by atoms with Gasteiger partial charge in [-0.2, -0.15) is 0 Å². The average Bonchev–Trinajstić information content (AvgIpc) is 2.20. The maximum absolute atomic E-state index is 13.4. The molecule has 0 aliphatic carbocycles. The Morgan fingerprint density at radius 2 is 1.88 bits per heavy atom. The van der Waals surface area contributed by atoms with E-state index in [1.54, 1.807) is 18.2 Å². The molecule has 0 spiro atoms. The maximum atomic E-state index is 13.4. The third kappa shape index (κ3) is 4.30. The highest BCUT2D eigenvalue weighted by atomic mass is 32.1. The highest BCUT2D eigenvalue weighted by molar-refractivity contribution is 7.80. The molecule has 0 amide bonds. The molecule has 0 aliphatic rings. The number of hydrogen-bond acceptors (Lipinski definition) is 1. The van der Waals surface area contributed by atoms with Gasteiger partial charge in [0.1, 0.15) is 5.82 Å². The van der Waals surface area contributed by atoms with Crippen LogP contribution in [0.4, 0.5) is 10.1 Å². The molecule has 1 unspecified atom stereocenters. The Kier molecular flexibility index (Phi) is 4.46. The minimum atomic E-state index is -0.305. The summed E-state index contributed by atoms with van der Waals surface area (Å²) in [5.41, 5.74) is 0.493. The van der Waals surface area contributed by atoms with Gasteiger partial charge in [-0.1, -0.05) is 32.9 Å². The monoisotopic (exact) mass is 254 g/mol. The van der Waals surface area contributed by atoms with Gasteiger partial charge in [0.15, 0.2) is 5.11 Å². The molecular weight excluding hydrogens is 235 g/mol. The number of nitrogens with one attached hydrogen (secondary N) is 2. The Morgan fingerprint density at radius 1 is 1.29 bits per heavy atom. The molecular formula is C13H19FN2S. The van der Waals surface area contributed by atoms with Crippen LogP contribution in [-0.2, 0) is 0 Å². The van der Waals surface area contributed by atoms with E-state index in [1.165, 1.54) is 6.07 Å². The summed E-state index contributed by atoms with van der Waals surface area (Å²) in [6, 6.07) is 6.67. The topological polar surface area (TPSA) is 24.1 Å². The van der Waals surface area contributed by atoms with Crippen molar-refractivity contribution in [1.29, 1.82) is 0 Å². The Morgan fingerprint density at radius 3 is 2.41 bits per heavy atom. The van der Waals surface area contributed by atoms with E-state index in [0.29, 0.717) is 10.8 Å². The van der Waals surface area contributed by atoms with Gasteiger partial charge in [-0.3, -0.25) is 0 Å². The van der Waals surface area contributed by atoms with E-state index in [-0.39, 0.29) is 17.3 Å². The van der Waals surface area contributed by atoms with Crippen LogP contribution in [0.2, 0.25) is 0 Å². The van der Waals surface area contributed by atoms with Crippen molar-refractivity contribution < 1.29 is 4.39 Å². The number of hydrogen-bond donors (Lipinski definition) is 2. The van der Waals surface area contributed by atoms with E-state index >= 15 is 0 Å². The molecule has 1 aromatic carbocycles. The molecule has 0 saturated carbocycles. The van der Waals surface area contributed by atoms with E-state index < -0.39 is 0 Å². The zero-order valence-electron chi connectivity index (χ0n) is 10.7. The molecule has 0 aromatic heterocycles. The lowest BCUT2D eigenvalue weighted by Crippen LogP contribution is -2.43. The summed E-state index contributed by atoms with van der Waals surface area (Å²) < 4.78 is 13.4. The first kappa shape index (κ1) is 13.9. The van der Waals surface area contributed by atoms with E-state index in [9.17, 15) is 4.39 Å². The normalized spacial score (nSPS) is 13.0. The van der Waals surface area contributed by atoms with Crippen LogP contribution in [0.15, 0.2) is 24.3 Å². The van der Waals surface area contributed by atoms with Gasteiger partial charge in [0, 0.05) is 6.04 Å². The fourth-order valence-corrected chi connectivity index (χ4v) is 1.42. The fourth-order valence-electron chi connectivity index (χ4n) is 1.13. The van der Waals surface area contributed by atoms with Crippen LogP contribution in [0.5, 0.6) is 0 Å². The van der Waals surface area contributed by atoms with E-state index in [0.717, 1.165) is 0 Å². The summed E-state index contributed by atoms with van der Waals surface area (Å²) in [4.78, 5) is 0. The van der Waals surface area contributed by atoms with E-state index in [2.05, 4.69) is 38.3 Å². The molecule has 1 aromatic rings. The molecule has 1 atom stereocenters. The molecule has 0 heterocycles. The average molecular weight is 254 g/mol. The van der Waals surface area contributed by atoms with Crippen molar-refractivity contribution in [3.63, 3.8) is 0 Å². The van der Waals surface area contributed by atoms with Crippen LogP contribution in [0.25, 0.3) is 0 Å². The standard InChI is InChI=1S/C13H19FN2S/c1-9(13(2,3)4)15-12(17)16-11-8-6-5-7-10(11)14/h5-9H,1-4H3,(H2,15,16,17). The second-order valence-corrected chi connectivity index (χ2v) is 5.57. The van der Waals surface area contributed by atoms with Crippen LogP contribution < -0.4 is 10.6 Å². The molecule has 2 nitrogen and oxygen atoms in total. The van der Waals surface area contributed by atoms with Gasteiger partial charge in [-0.25, -0.2) is 4.39 Å². The highest BCUT2D eigenvalue weighted by Crippen LogP contribution is 2.19. The van der Waals surface area contributed by atoms with Gasteiger partial charge in [0.2, 0.25) is 0 Å². The van der Waals surface area contributed by atoms with Gasteiger partial charge in [-0.15, -0.1) is 0 Å². The lowest BCUT2D eigenvalue weighted by Gasteiger charge is -2.29. The zero-order chi connectivity index (χ0) is 13.1. The van der Waals surface area contributed by atoms with Crippen LogP contribution in [0.1, 0.15) is 27.7 Å². The lowest BCUT2D eigenvalue weighted by atomic mass is 9.88. The second kappa shape index (κ2) is 5.45. The van der Waals surface area contributed by atoms with Crippen molar-refractivity contribution in [2.45, 2.75) is 33.7 Å². The Bertz CT molecular complexity index is 399. The Hall–Kier alpha value is -1.16. The second-order valence-electron chi connectivity index (χ2n) is 5.17. The molecule has 0 aliphatic heterocycles. The third-order valence-corrected chi connectivity index (χ3v) is 2.99. The fraction of sp³-hybridized carbons (Fsp3) is 0.462. The van der Waals surface area contributed by atoms with Crippen LogP contribution >= 0.6 is 12.2 Å². The number of benzene rings is 1. The van der Waals surface area contributed by atoms with Gasteiger partial charge < -0.3 is 10.6 Å². The van der Waals surface area contributed by atoms with Gasteiger partial charge in [-0.05, 0) is 36.7 Å². The number of thiocarbonyl (C=S) groups is 1. The smallest absolute Gasteiger partial charge is 0.171 e. The van der Waals surface area contributed by atoms with Crippen molar-refractivity contribution in [3.8, 4) is 0 Å². The lowest BCUT2D eigenvalue weighted by molar-refractivity contribution is 0.317. The molecule has 2 N–H and O–H groups in total. The van der Waals surface area contributed by atoms with Crippen molar-refractivity contribution >= 4 is 23.0 Å². The van der Waals surface area contributed by atoms with Crippen LogP contribution in [0, 0.1) is 11.2 Å². The van der Waals surface area contributed by atoms with E-state index in [1.807, 2.05) is 0 Å². The maximum Gasteiger partial charge on any atom is 0.171 e. The van der Waals surface area contributed by atoms with Crippen molar-refractivity contribution in [1.82, 2.24) is 5.32 Å². The molecule has 17 heavy (non-hydrogen) atoms. The minimum absolute atomic E-state index is 0.0982. The van der Waals surface area contributed by atoms with Crippen molar-refractivity contribution in [2.24, 2.45) is 5.41 Å². The predicted molar refractivity (Wildman–Crippen MR) is 74.7 cm³/mol. The molecule has 0 bridgehead atoms. The first-order valence-electron chi connectivity index (χ1n) is 5.63. The Balaban J connectivity index is 2.60. The summed E-state index contributed by atoms with van der Waals surface area (Å²) in [6.07, 6.45) is 0. The van der Waals surface area contributed by atoms with E-state index in [4.69, 9.17) is 12.2 Å². The molecule has 94 valence electrons. The number of para-hydroxylation sites is 1. The SMILES string of the molecule is CC(NC(=S)Nc1ccccc1F)C(C)(C)C. The van der Waals surface area contributed by atoms with Crippen LogP contribution in [0.3, 0.4) is 0 Å². The van der Waals surface area contributed by atoms with Crippen molar-refractivity contribution in [3.05, 3.63) is 30.1 Å². The Labute approximate surface area is 108 Å². The summed E-state index contributed by atoms with van der Waals surface area (Å²) in [7, 11) is 0. The molecule has 4 heteroatoms. The number of anilines is 1. The number of halogens is 1. The number of rotatable bonds is 2. The minimum Gasteiger partial charge on any atom is -0.359 e. The largest absolute Gasteiger partial charge is 0.359 e. The van der Waals surface area contributed by atoms with Crippen molar-refractivity contribution in [2.75, 3.05) is 5.32 Å². The quantitative estimate of drug-likeness (QED) is 0.789. The van der Waals surface area contributed by atoms with Gasteiger partial charge in [0.05, 0.1) is 5.69 Å². The van der Waals surface area contributed by atoms with Crippen LogP contribution in [-0.4, -0.2) is 11.2 Å². The first-order valence-corrected chi connectivity index (χ1v) is 6.03. The van der Waals surface area contributed by atoms with Gasteiger partial charge >= 0.3 is 0 Å². The summed E-state index contributed by atoms with van der Waals surface area (Å²) in [5.74, 6) is -0.305. The highest BCUT2D eigenvalue weighted by Gasteiger charge is 2.20. The molecule has 0 saturated heterocycles. The summed E-state index contributed by atoms with van der Waals surface area (Å²) in [6.45, 7) is 8.42. The zero-order valence-corrected chi connectivity index (χ0v) is 11.5. The predicted octanol–water partition coefficient (Wildman–Crippen LogP) is 3.55. The molecule has 1 rings (SSSR count).